The maximum atomic E-state index is 13.1. The molecule has 1 heterocycles. The molecule has 0 atom stereocenters. The monoisotopic (exact) mass is 231 g/mol. The summed E-state index contributed by atoms with van der Waals surface area (Å²) in [5.74, 6) is -2.47. The number of nitrogens with one attached hydrogen (secondary N) is 1. The zero-order chi connectivity index (χ0) is 11.3. The Balaban J connectivity index is 1.69. The summed E-state index contributed by atoms with van der Waals surface area (Å²) in [5.41, 5.74) is -0.391. The van der Waals surface area contributed by atoms with Crippen molar-refractivity contribution in [2.24, 2.45) is 0 Å². The molecule has 0 aromatic heterocycles. The fourth-order valence-electron chi connectivity index (χ4n) is 3.24. The molecule has 3 fully saturated rings. The second-order valence-corrected chi connectivity index (χ2v) is 5.67. The number of hydrogen-bond acceptors (Lipinski definition) is 2. The molecule has 1 N–H and O–H groups in total. The Kier molecular flexibility index (Phi) is 2.31. The van der Waals surface area contributed by atoms with E-state index in [-0.39, 0.29) is 18.4 Å². The van der Waals surface area contributed by atoms with E-state index in [1.54, 1.807) is 0 Å². The molecule has 2 spiro atoms. The first-order valence-electron chi connectivity index (χ1n) is 6.36. The summed E-state index contributed by atoms with van der Waals surface area (Å²) in [7, 11) is 0. The first-order chi connectivity index (χ1) is 7.54. The van der Waals surface area contributed by atoms with Crippen LogP contribution in [0.4, 0.5) is 8.78 Å². The van der Waals surface area contributed by atoms with Gasteiger partial charge in [0.1, 0.15) is 5.72 Å². The largest absolute Gasteiger partial charge is 0.354 e. The molecule has 0 bridgehead atoms. The van der Waals surface area contributed by atoms with Crippen LogP contribution in [0.2, 0.25) is 0 Å². The van der Waals surface area contributed by atoms with Crippen molar-refractivity contribution in [3.8, 4) is 0 Å². The Labute approximate surface area is 94.7 Å². The molecular weight excluding hydrogens is 212 g/mol. The average Bonchev–Trinajstić information content (AvgIpc) is 2.22. The van der Waals surface area contributed by atoms with Gasteiger partial charge in [0.15, 0.2) is 0 Å². The van der Waals surface area contributed by atoms with Crippen LogP contribution in [-0.4, -0.2) is 23.8 Å². The minimum absolute atomic E-state index is 0.0317. The van der Waals surface area contributed by atoms with Gasteiger partial charge in [-0.15, -0.1) is 0 Å². The topological polar surface area (TPSA) is 21.3 Å². The average molecular weight is 231 g/mol. The third kappa shape index (κ3) is 1.76. The summed E-state index contributed by atoms with van der Waals surface area (Å²) in [5, 5.41) is 3.34. The van der Waals surface area contributed by atoms with Crippen molar-refractivity contribution < 1.29 is 13.5 Å². The van der Waals surface area contributed by atoms with E-state index >= 15 is 0 Å². The van der Waals surface area contributed by atoms with E-state index in [1.165, 1.54) is 6.42 Å². The van der Waals surface area contributed by atoms with Crippen LogP contribution in [0.15, 0.2) is 0 Å². The van der Waals surface area contributed by atoms with E-state index in [1.807, 2.05) is 0 Å². The van der Waals surface area contributed by atoms with Crippen molar-refractivity contribution in [2.75, 3.05) is 6.54 Å². The fraction of sp³-hybridized carbons (Fsp3) is 1.00. The van der Waals surface area contributed by atoms with Gasteiger partial charge in [-0.2, -0.15) is 0 Å². The summed E-state index contributed by atoms with van der Waals surface area (Å²) in [4.78, 5) is 0. The van der Waals surface area contributed by atoms with Crippen molar-refractivity contribution >= 4 is 0 Å². The molecule has 3 rings (SSSR count). The van der Waals surface area contributed by atoms with Gasteiger partial charge in [0, 0.05) is 19.4 Å². The van der Waals surface area contributed by atoms with Crippen LogP contribution in [0.25, 0.3) is 0 Å². The molecule has 0 amide bonds. The van der Waals surface area contributed by atoms with Crippen molar-refractivity contribution in [3.05, 3.63) is 0 Å². The van der Waals surface area contributed by atoms with Crippen molar-refractivity contribution in [1.82, 2.24) is 5.32 Å². The van der Waals surface area contributed by atoms with Crippen LogP contribution < -0.4 is 5.32 Å². The Morgan fingerprint density at radius 2 is 1.56 bits per heavy atom. The maximum Gasteiger partial charge on any atom is 0.248 e. The number of ether oxygens (including phenoxy) is 1. The Hall–Kier alpha value is -0.220. The fourth-order valence-corrected chi connectivity index (χ4v) is 3.24. The lowest BCUT2D eigenvalue weighted by atomic mass is 9.74. The van der Waals surface area contributed by atoms with Gasteiger partial charge in [0.25, 0.3) is 0 Å². The molecule has 0 unspecified atom stereocenters. The minimum Gasteiger partial charge on any atom is -0.354 e. The summed E-state index contributed by atoms with van der Waals surface area (Å²) >= 11 is 0. The molecule has 1 aliphatic heterocycles. The van der Waals surface area contributed by atoms with Gasteiger partial charge in [-0.05, 0) is 38.5 Å². The predicted molar refractivity (Wildman–Crippen MR) is 56.4 cm³/mol. The molecule has 0 radical (unpaired) electrons. The zero-order valence-corrected chi connectivity index (χ0v) is 9.53. The van der Waals surface area contributed by atoms with Gasteiger partial charge in [0.05, 0.1) is 5.60 Å². The first-order valence-corrected chi connectivity index (χ1v) is 6.36. The van der Waals surface area contributed by atoms with Gasteiger partial charge in [-0.3, -0.25) is 5.32 Å². The second kappa shape index (κ2) is 3.39. The lowest BCUT2D eigenvalue weighted by molar-refractivity contribution is -0.255. The molecular formula is C12H19F2NO. The SMILES string of the molecule is FC1(F)CCC2(CC1)NCCC1(CCC1)O2. The smallest absolute Gasteiger partial charge is 0.248 e. The van der Waals surface area contributed by atoms with E-state index in [0.29, 0.717) is 12.8 Å². The summed E-state index contributed by atoms with van der Waals surface area (Å²) in [6.07, 6.45) is 5.37. The van der Waals surface area contributed by atoms with Crippen molar-refractivity contribution in [3.63, 3.8) is 0 Å². The number of halogens is 2. The number of alkyl halides is 2. The molecule has 2 aliphatic carbocycles. The van der Waals surface area contributed by atoms with Gasteiger partial charge >= 0.3 is 0 Å². The van der Waals surface area contributed by atoms with Crippen molar-refractivity contribution in [1.29, 1.82) is 0 Å². The van der Waals surface area contributed by atoms with E-state index < -0.39 is 11.6 Å². The maximum absolute atomic E-state index is 13.1. The molecule has 0 aromatic carbocycles. The summed E-state index contributed by atoms with van der Waals surface area (Å²) in [6.45, 7) is 0.922. The molecule has 2 nitrogen and oxygen atoms in total. The quantitative estimate of drug-likeness (QED) is 0.692. The molecule has 0 aromatic rings. The van der Waals surface area contributed by atoms with E-state index in [9.17, 15) is 8.78 Å². The van der Waals surface area contributed by atoms with E-state index in [2.05, 4.69) is 5.32 Å². The minimum atomic E-state index is -2.47. The lowest BCUT2D eigenvalue weighted by Crippen LogP contribution is -2.63. The van der Waals surface area contributed by atoms with Crippen LogP contribution in [0.3, 0.4) is 0 Å². The number of hydrogen-bond donors (Lipinski definition) is 1. The molecule has 92 valence electrons. The van der Waals surface area contributed by atoms with Crippen molar-refractivity contribution in [2.45, 2.75) is 68.6 Å². The van der Waals surface area contributed by atoms with Gasteiger partial charge in [-0.1, -0.05) is 0 Å². The highest BCUT2D eigenvalue weighted by Gasteiger charge is 2.52. The lowest BCUT2D eigenvalue weighted by Gasteiger charge is -2.55. The van der Waals surface area contributed by atoms with Gasteiger partial charge in [0.2, 0.25) is 5.92 Å². The third-order valence-electron chi connectivity index (χ3n) is 4.49. The Bertz CT molecular complexity index is 279. The van der Waals surface area contributed by atoms with E-state index in [0.717, 1.165) is 25.8 Å². The van der Waals surface area contributed by atoms with Gasteiger partial charge < -0.3 is 4.74 Å². The molecule has 4 heteroatoms. The van der Waals surface area contributed by atoms with Crippen LogP contribution in [0, 0.1) is 0 Å². The first kappa shape index (κ1) is 10.9. The number of rotatable bonds is 0. The molecule has 3 aliphatic rings. The standard InChI is InChI=1S/C12H19F2NO/c13-11(14)4-6-12(7-5-11)15-9-8-10(16-12)2-1-3-10/h15H,1-9H2. The second-order valence-electron chi connectivity index (χ2n) is 5.67. The summed E-state index contributed by atoms with van der Waals surface area (Å²) in [6, 6.07) is 0. The molecule has 1 saturated heterocycles. The van der Waals surface area contributed by atoms with Crippen LogP contribution in [0.1, 0.15) is 51.4 Å². The molecule has 2 saturated carbocycles. The highest BCUT2D eigenvalue weighted by molar-refractivity contribution is 5.00. The van der Waals surface area contributed by atoms with E-state index in [4.69, 9.17) is 4.74 Å². The van der Waals surface area contributed by atoms with Crippen LogP contribution in [0.5, 0.6) is 0 Å². The zero-order valence-electron chi connectivity index (χ0n) is 9.53. The summed E-state index contributed by atoms with van der Waals surface area (Å²) < 4.78 is 32.5. The van der Waals surface area contributed by atoms with Gasteiger partial charge in [-0.25, -0.2) is 8.78 Å². The highest BCUT2D eigenvalue weighted by Crippen LogP contribution is 2.48. The third-order valence-corrected chi connectivity index (χ3v) is 4.49. The Morgan fingerprint density at radius 1 is 0.875 bits per heavy atom. The highest BCUT2D eigenvalue weighted by atomic mass is 19.3. The van der Waals surface area contributed by atoms with Crippen LogP contribution >= 0.6 is 0 Å². The molecule has 16 heavy (non-hydrogen) atoms. The van der Waals surface area contributed by atoms with Crippen LogP contribution in [-0.2, 0) is 4.74 Å². The predicted octanol–water partition coefficient (Wildman–Crippen LogP) is 2.82. The normalized spacial score (nSPS) is 34.9. The Morgan fingerprint density at radius 3 is 2.12 bits per heavy atom.